The molecular weight excluding hydrogens is 358 g/mol. The van der Waals surface area contributed by atoms with Crippen LogP contribution in [0, 0.1) is 5.41 Å². The van der Waals surface area contributed by atoms with Gasteiger partial charge in [0.25, 0.3) is 0 Å². The fraction of sp³-hybridized carbons (Fsp3) is 0.318. The average Bonchev–Trinajstić information content (AvgIpc) is 2.66. The number of Topliss-reactive ketones (excluding diaryl/α,β-unsaturated/α-hetero) is 1. The highest BCUT2D eigenvalue weighted by Crippen LogP contribution is 2.19. The molecule has 6 heteroatoms. The molecule has 0 aliphatic carbocycles. The summed E-state index contributed by atoms with van der Waals surface area (Å²) in [5, 5.41) is 2.79. The molecule has 1 amide bonds. The molecule has 28 heavy (non-hydrogen) atoms. The maximum absolute atomic E-state index is 12.2. The van der Waals surface area contributed by atoms with Gasteiger partial charge in [-0.2, -0.15) is 0 Å². The van der Waals surface area contributed by atoms with Crippen molar-refractivity contribution in [2.45, 2.75) is 27.2 Å². The van der Waals surface area contributed by atoms with Gasteiger partial charge in [0.05, 0.1) is 13.5 Å². The smallest absolute Gasteiger partial charge is 0.310 e. The monoisotopic (exact) mass is 383 g/mol. The summed E-state index contributed by atoms with van der Waals surface area (Å²) in [7, 11) is 1.53. The Morgan fingerprint density at radius 1 is 0.964 bits per heavy atom. The van der Waals surface area contributed by atoms with Crippen molar-refractivity contribution in [2.24, 2.45) is 5.41 Å². The maximum Gasteiger partial charge on any atom is 0.310 e. The lowest BCUT2D eigenvalue weighted by atomic mass is 9.95. The van der Waals surface area contributed by atoms with Crippen LogP contribution in [-0.4, -0.2) is 31.4 Å². The van der Waals surface area contributed by atoms with Crippen LogP contribution < -0.4 is 10.1 Å². The van der Waals surface area contributed by atoms with E-state index < -0.39 is 11.4 Å². The molecule has 0 saturated heterocycles. The number of benzene rings is 2. The van der Waals surface area contributed by atoms with E-state index in [1.807, 2.05) is 26.8 Å². The quantitative estimate of drug-likeness (QED) is 0.583. The zero-order valence-electron chi connectivity index (χ0n) is 16.6. The molecule has 148 valence electrons. The normalized spacial score (nSPS) is 10.9. The van der Waals surface area contributed by atoms with Crippen molar-refractivity contribution in [1.29, 1.82) is 0 Å². The Labute approximate surface area is 164 Å². The maximum atomic E-state index is 12.2. The van der Waals surface area contributed by atoms with Gasteiger partial charge >= 0.3 is 5.97 Å². The van der Waals surface area contributed by atoms with Crippen molar-refractivity contribution in [1.82, 2.24) is 0 Å². The summed E-state index contributed by atoms with van der Waals surface area (Å²) in [5.74, 6) is -0.343. The standard InChI is InChI=1S/C22H25NO5/c1-22(2,3)21(26)23-17-11-9-15(10-12-17)18(24)14-28-20(25)13-16-7-5-6-8-19(16)27-4/h5-12H,13-14H2,1-4H3,(H,23,26). The number of rotatable bonds is 7. The van der Waals surface area contributed by atoms with E-state index >= 15 is 0 Å². The van der Waals surface area contributed by atoms with E-state index in [-0.39, 0.29) is 24.7 Å². The molecule has 0 spiro atoms. The van der Waals surface area contributed by atoms with E-state index in [4.69, 9.17) is 9.47 Å². The third kappa shape index (κ3) is 5.94. The number of anilines is 1. The first-order valence-electron chi connectivity index (χ1n) is 8.93. The predicted molar refractivity (Wildman–Crippen MR) is 107 cm³/mol. The van der Waals surface area contributed by atoms with E-state index in [0.29, 0.717) is 22.6 Å². The number of carbonyl (C=O) groups excluding carboxylic acids is 3. The van der Waals surface area contributed by atoms with Crippen LogP contribution in [0.2, 0.25) is 0 Å². The molecule has 0 aliphatic rings. The molecule has 2 aromatic rings. The summed E-state index contributed by atoms with van der Waals surface area (Å²) < 4.78 is 10.3. The molecule has 0 radical (unpaired) electrons. The second kappa shape index (κ2) is 9.17. The van der Waals surface area contributed by atoms with Gasteiger partial charge in [-0.25, -0.2) is 0 Å². The molecule has 0 fully saturated rings. The predicted octanol–water partition coefficient (Wildman–Crippen LogP) is 3.65. The average molecular weight is 383 g/mol. The van der Waals surface area contributed by atoms with Crippen LogP contribution in [0.25, 0.3) is 0 Å². The highest BCUT2D eigenvalue weighted by atomic mass is 16.5. The van der Waals surface area contributed by atoms with Crippen molar-refractivity contribution < 1.29 is 23.9 Å². The number of esters is 1. The number of para-hydroxylation sites is 1. The summed E-state index contributed by atoms with van der Waals surface area (Å²) in [4.78, 5) is 36.2. The van der Waals surface area contributed by atoms with Gasteiger partial charge in [-0.05, 0) is 30.3 Å². The fourth-order valence-electron chi connectivity index (χ4n) is 2.34. The summed E-state index contributed by atoms with van der Waals surface area (Å²) in [6, 6.07) is 13.6. The first-order chi connectivity index (χ1) is 13.2. The Hall–Kier alpha value is -3.15. The van der Waals surface area contributed by atoms with Gasteiger partial charge in [-0.15, -0.1) is 0 Å². The van der Waals surface area contributed by atoms with Gasteiger partial charge < -0.3 is 14.8 Å². The Morgan fingerprint density at radius 2 is 1.61 bits per heavy atom. The van der Waals surface area contributed by atoms with Crippen LogP contribution in [0.3, 0.4) is 0 Å². The number of ketones is 1. The van der Waals surface area contributed by atoms with Gasteiger partial charge in [0.1, 0.15) is 5.75 Å². The van der Waals surface area contributed by atoms with Crippen molar-refractivity contribution in [3.05, 3.63) is 59.7 Å². The minimum absolute atomic E-state index is 0.0229. The number of amides is 1. The molecule has 2 aromatic carbocycles. The van der Waals surface area contributed by atoms with Crippen LogP contribution in [-0.2, 0) is 20.7 Å². The number of nitrogens with one attached hydrogen (secondary N) is 1. The molecule has 0 aliphatic heterocycles. The zero-order chi connectivity index (χ0) is 20.7. The van der Waals surface area contributed by atoms with E-state index in [1.165, 1.54) is 7.11 Å². The highest BCUT2D eigenvalue weighted by molar-refractivity contribution is 5.99. The van der Waals surface area contributed by atoms with Crippen molar-refractivity contribution in [3.8, 4) is 5.75 Å². The molecule has 6 nitrogen and oxygen atoms in total. The van der Waals surface area contributed by atoms with E-state index in [9.17, 15) is 14.4 Å². The Balaban J connectivity index is 1.89. The third-order valence-corrected chi connectivity index (χ3v) is 4.04. The molecule has 0 aromatic heterocycles. The van der Waals surface area contributed by atoms with Crippen LogP contribution in [0.1, 0.15) is 36.7 Å². The van der Waals surface area contributed by atoms with Crippen molar-refractivity contribution in [3.63, 3.8) is 0 Å². The molecule has 0 heterocycles. The zero-order valence-corrected chi connectivity index (χ0v) is 16.6. The number of methoxy groups -OCH3 is 1. The van der Waals surface area contributed by atoms with Crippen molar-refractivity contribution >= 4 is 23.3 Å². The van der Waals surface area contributed by atoms with Gasteiger partial charge in [-0.1, -0.05) is 39.0 Å². The lowest BCUT2D eigenvalue weighted by Gasteiger charge is -2.17. The lowest BCUT2D eigenvalue weighted by molar-refractivity contribution is -0.141. The van der Waals surface area contributed by atoms with Crippen LogP contribution in [0.4, 0.5) is 5.69 Å². The second-order valence-electron chi connectivity index (χ2n) is 7.35. The number of carbonyl (C=O) groups is 3. The largest absolute Gasteiger partial charge is 0.496 e. The van der Waals surface area contributed by atoms with Gasteiger partial charge in [0.2, 0.25) is 5.91 Å². The molecule has 1 N–H and O–H groups in total. The van der Waals surface area contributed by atoms with Gasteiger partial charge in [0.15, 0.2) is 12.4 Å². The molecular formula is C22H25NO5. The summed E-state index contributed by atoms with van der Waals surface area (Å²) in [6.07, 6.45) is 0.0229. The molecule has 0 atom stereocenters. The van der Waals surface area contributed by atoms with Crippen LogP contribution >= 0.6 is 0 Å². The first-order valence-corrected chi connectivity index (χ1v) is 8.93. The number of hydrogen-bond donors (Lipinski definition) is 1. The minimum Gasteiger partial charge on any atom is -0.496 e. The minimum atomic E-state index is -0.510. The Morgan fingerprint density at radius 3 is 2.21 bits per heavy atom. The summed E-state index contributed by atoms with van der Waals surface area (Å²) in [5.41, 5.74) is 1.19. The van der Waals surface area contributed by atoms with Gasteiger partial charge in [-0.3, -0.25) is 14.4 Å². The van der Waals surface area contributed by atoms with E-state index in [0.717, 1.165) is 0 Å². The van der Waals surface area contributed by atoms with E-state index in [1.54, 1.807) is 42.5 Å². The van der Waals surface area contributed by atoms with E-state index in [2.05, 4.69) is 5.32 Å². The first kappa shape index (κ1) is 21.2. The molecule has 0 bridgehead atoms. The molecule has 2 rings (SSSR count). The third-order valence-electron chi connectivity index (χ3n) is 4.04. The SMILES string of the molecule is COc1ccccc1CC(=O)OCC(=O)c1ccc(NC(=O)C(C)(C)C)cc1. The summed E-state index contributed by atoms with van der Waals surface area (Å²) >= 11 is 0. The Bertz CT molecular complexity index is 850. The number of ether oxygens (including phenoxy) is 2. The lowest BCUT2D eigenvalue weighted by Crippen LogP contribution is -2.27. The Kier molecular flexibility index (Phi) is 6.93. The van der Waals surface area contributed by atoms with Crippen molar-refractivity contribution in [2.75, 3.05) is 19.0 Å². The van der Waals surface area contributed by atoms with Crippen LogP contribution in [0.15, 0.2) is 48.5 Å². The highest BCUT2D eigenvalue weighted by Gasteiger charge is 2.21. The molecule has 0 unspecified atom stereocenters. The topological polar surface area (TPSA) is 81.7 Å². The second-order valence-corrected chi connectivity index (χ2v) is 7.35. The van der Waals surface area contributed by atoms with Gasteiger partial charge in [0, 0.05) is 22.2 Å². The fourth-order valence-corrected chi connectivity index (χ4v) is 2.34. The molecule has 0 saturated carbocycles. The summed E-state index contributed by atoms with van der Waals surface area (Å²) in [6.45, 7) is 5.11. The number of hydrogen-bond acceptors (Lipinski definition) is 5. The van der Waals surface area contributed by atoms with Crippen LogP contribution in [0.5, 0.6) is 5.75 Å².